The highest BCUT2D eigenvalue weighted by Crippen LogP contribution is 2.32. The zero-order chi connectivity index (χ0) is 12.3. The minimum atomic E-state index is -0.556. The summed E-state index contributed by atoms with van der Waals surface area (Å²) in [6, 6.07) is 7.18. The number of benzene rings is 1. The lowest BCUT2D eigenvalue weighted by Crippen LogP contribution is -2.40. The van der Waals surface area contributed by atoms with Crippen molar-refractivity contribution in [3.05, 3.63) is 29.8 Å². The lowest BCUT2D eigenvalue weighted by molar-refractivity contribution is 0.0578. The molecule has 0 aliphatic carbocycles. The van der Waals surface area contributed by atoms with E-state index in [2.05, 4.69) is 15.9 Å². The second-order valence-corrected chi connectivity index (χ2v) is 5.70. The van der Waals surface area contributed by atoms with Crippen molar-refractivity contribution in [2.45, 2.75) is 17.2 Å². The summed E-state index contributed by atoms with van der Waals surface area (Å²) in [5.74, 6) is 0.838. The predicted molar refractivity (Wildman–Crippen MR) is 69.0 cm³/mol. The molecule has 0 aromatic heterocycles. The van der Waals surface area contributed by atoms with Gasteiger partial charge in [-0.2, -0.15) is 0 Å². The number of halogens is 1. The van der Waals surface area contributed by atoms with Crippen LogP contribution in [0.5, 0.6) is 5.75 Å². The van der Waals surface area contributed by atoms with E-state index in [9.17, 15) is 4.79 Å². The van der Waals surface area contributed by atoms with Crippen LogP contribution in [-0.4, -0.2) is 30.4 Å². The van der Waals surface area contributed by atoms with Crippen molar-refractivity contribution in [3.63, 3.8) is 0 Å². The van der Waals surface area contributed by atoms with Crippen LogP contribution < -0.4 is 4.74 Å². The molecule has 0 bridgehead atoms. The number of carbonyl (C=O) groups excluding carboxylic acids is 1. The first-order valence-corrected chi connectivity index (χ1v) is 6.40. The number of rotatable bonds is 3. The first kappa shape index (κ1) is 12.6. The Bertz CT molecular complexity index is 394. The minimum absolute atomic E-state index is 0.0832. The molecule has 1 aliphatic heterocycles. The van der Waals surface area contributed by atoms with E-state index >= 15 is 0 Å². The summed E-state index contributed by atoms with van der Waals surface area (Å²) in [5.41, 5.74) is 0.688. The van der Waals surface area contributed by atoms with Crippen molar-refractivity contribution < 1.29 is 14.3 Å². The zero-order valence-electron chi connectivity index (χ0n) is 9.74. The quantitative estimate of drug-likeness (QED) is 0.636. The summed E-state index contributed by atoms with van der Waals surface area (Å²) in [5, 5.41) is 0. The molecule has 92 valence electrons. The Morgan fingerprint density at radius 1 is 1.41 bits per heavy atom. The van der Waals surface area contributed by atoms with E-state index in [0.717, 1.165) is 25.2 Å². The zero-order valence-corrected chi connectivity index (χ0v) is 11.3. The van der Waals surface area contributed by atoms with Gasteiger partial charge in [0.2, 0.25) is 0 Å². The third kappa shape index (κ3) is 2.69. The Kier molecular flexibility index (Phi) is 3.84. The molecule has 1 saturated heterocycles. The Labute approximate surface area is 109 Å². The fraction of sp³-hybridized carbons (Fsp3) is 0.462. The molecule has 1 fully saturated rings. The molecule has 0 spiro atoms. The lowest BCUT2D eigenvalue weighted by atomic mass is 9.92. The van der Waals surface area contributed by atoms with E-state index in [1.165, 1.54) is 0 Å². The summed E-state index contributed by atoms with van der Waals surface area (Å²) in [6.07, 6.45) is 1.73. The molecule has 1 heterocycles. The number of ether oxygens (including phenoxy) is 2. The maximum absolute atomic E-state index is 12.4. The van der Waals surface area contributed by atoms with Crippen molar-refractivity contribution >= 4 is 21.7 Å². The van der Waals surface area contributed by atoms with Crippen molar-refractivity contribution in [2.24, 2.45) is 0 Å². The Morgan fingerprint density at radius 3 is 2.65 bits per heavy atom. The highest BCUT2D eigenvalue weighted by Gasteiger charge is 2.38. The number of methoxy groups -OCH3 is 1. The summed E-state index contributed by atoms with van der Waals surface area (Å²) in [7, 11) is 1.61. The smallest absolute Gasteiger partial charge is 0.181 e. The highest BCUT2D eigenvalue weighted by molar-refractivity contribution is 9.10. The fourth-order valence-corrected chi connectivity index (χ4v) is 2.61. The van der Waals surface area contributed by atoms with E-state index in [1.54, 1.807) is 31.4 Å². The number of hydrogen-bond acceptors (Lipinski definition) is 3. The summed E-state index contributed by atoms with van der Waals surface area (Å²) in [6.45, 7) is 1.18. The average molecular weight is 299 g/mol. The van der Waals surface area contributed by atoms with E-state index in [-0.39, 0.29) is 5.78 Å². The normalized spacial score (nSPS) is 24.4. The molecule has 3 nitrogen and oxygen atoms in total. The third-order valence-corrected chi connectivity index (χ3v) is 3.94. The molecule has 0 N–H and O–H groups in total. The first-order chi connectivity index (χ1) is 8.15. The largest absolute Gasteiger partial charge is 0.497 e. The van der Waals surface area contributed by atoms with Crippen molar-refractivity contribution in [1.82, 2.24) is 0 Å². The standard InChI is InChI=1S/C13H15BrO3/c1-16-11-5-3-10(4-6-11)12(15)13(14)7-2-8-17-9-13/h3-6H,2,7-9H2,1H3. The molecule has 1 atom stereocenters. The lowest BCUT2D eigenvalue weighted by Gasteiger charge is -2.30. The predicted octanol–water partition coefficient (Wildman–Crippen LogP) is 2.82. The molecule has 1 unspecified atom stereocenters. The maximum atomic E-state index is 12.4. The van der Waals surface area contributed by atoms with E-state index < -0.39 is 4.32 Å². The molecule has 0 saturated carbocycles. The molecule has 1 aromatic rings. The number of hydrogen-bond donors (Lipinski definition) is 0. The number of carbonyl (C=O) groups is 1. The number of ketones is 1. The van der Waals surface area contributed by atoms with Gasteiger partial charge in [-0.15, -0.1) is 0 Å². The van der Waals surface area contributed by atoms with Crippen molar-refractivity contribution in [1.29, 1.82) is 0 Å². The molecule has 0 amide bonds. The average Bonchev–Trinajstić information content (AvgIpc) is 2.39. The van der Waals surface area contributed by atoms with Crippen molar-refractivity contribution in [3.8, 4) is 5.75 Å². The van der Waals surface area contributed by atoms with Gasteiger partial charge in [-0.1, -0.05) is 15.9 Å². The van der Waals surface area contributed by atoms with Crippen LogP contribution in [0.4, 0.5) is 0 Å². The van der Waals surface area contributed by atoms with Crippen LogP contribution in [0.25, 0.3) is 0 Å². The maximum Gasteiger partial charge on any atom is 0.181 e. The molecule has 1 aliphatic rings. The van der Waals surface area contributed by atoms with Gasteiger partial charge in [0.1, 0.15) is 10.1 Å². The van der Waals surface area contributed by atoms with Crippen LogP contribution in [0.3, 0.4) is 0 Å². The summed E-state index contributed by atoms with van der Waals surface area (Å²) >= 11 is 3.53. The number of alkyl halides is 1. The SMILES string of the molecule is COc1ccc(C(=O)C2(Br)CCCOC2)cc1. The van der Waals surface area contributed by atoms with Gasteiger partial charge in [-0.25, -0.2) is 0 Å². The Morgan fingerprint density at radius 2 is 2.12 bits per heavy atom. The molecule has 0 radical (unpaired) electrons. The molecule has 4 heteroatoms. The van der Waals surface area contributed by atoms with E-state index in [4.69, 9.17) is 9.47 Å². The van der Waals surface area contributed by atoms with Gasteiger partial charge in [0.15, 0.2) is 5.78 Å². The topological polar surface area (TPSA) is 35.5 Å². The van der Waals surface area contributed by atoms with Gasteiger partial charge < -0.3 is 9.47 Å². The highest BCUT2D eigenvalue weighted by atomic mass is 79.9. The van der Waals surface area contributed by atoms with Gasteiger partial charge in [0.05, 0.1) is 13.7 Å². The van der Waals surface area contributed by atoms with Gasteiger partial charge in [-0.05, 0) is 37.1 Å². The molecule has 17 heavy (non-hydrogen) atoms. The first-order valence-electron chi connectivity index (χ1n) is 5.61. The van der Waals surface area contributed by atoms with Gasteiger partial charge in [0, 0.05) is 12.2 Å². The molecular formula is C13H15BrO3. The van der Waals surface area contributed by atoms with Crippen molar-refractivity contribution in [2.75, 3.05) is 20.3 Å². The third-order valence-electron chi connectivity index (χ3n) is 2.95. The second kappa shape index (κ2) is 5.19. The number of Topliss-reactive ketones (excluding diaryl/α,β-unsaturated/α-hetero) is 1. The second-order valence-electron chi connectivity index (χ2n) is 4.18. The molecule has 2 rings (SSSR count). The van der Waals surface area contributed by atoms with Gasteiger partial charge >= 0.3 is 0 Å². The van der Waals surface area contributed by atoms with E-state index in [1.807, 2.05) is 0 Å². The summed E-state index contributed by atoms with van der Waals surface area (Å²) < 4.78 is 9.90. The monoisotopic (exact) mass is 298 g/mol. The van der Waals surface area contributed by atoms with Crippen LogP contribution in [0.2, 0.25) is 0 Å². The van der Waals surface area contributed by atoms with Crippen LogP contribution in [0, 0.1) is 0 Å². The fourth-order valence-electron chi connectivity index (χ4n) is 1.94. The van der Waals surface area contributed by atoms with Crippen LogP contribution >= 0.6 is 15.9 Å². The van der Waals surface area contributed by atoms with Gasteiger partial charge in [0.25, 0.3) is 0 Å². The van der Waals surface area contributed by atoms with E-state index in [0.29, 0.717) is 12.2 Å². The molecular weight excluding hydrogens is 284 g/mol. The van der Waals surface area contributed by atoms with Gasteiger partial charge in [-0.3, -0.25) is 4.79 Å². The summed E-state index contributed by atoms with van der Waals surface area (Å²) in [4.78, 5) is 12.4. The Hall–Kier alpha value is -0.870. The molecule has 1 aromatic carbocycles. The minimum Gasteiger partial charge on any atom is -0.497 e. The van der Waals surface area contributed by atoms with Crippen LogP contribution in [-0.2, 0) is 4.74 Å². The Balaban J connectivity index is 2.17. The van der Waals surface area contributed by atoms with Crippen LogP contribution in [0.1, 0.15) is 23.2 Å². The van der Waals surface area contributed by atoms with Crippen LogP contribution in [0.15, 0.2) is 24.3 Å².